The lowest BCUT2D eigenvalue weighted by Gasteiger charge is -2.28. The molecule has 3 N–H and O–H groups in total. The van der Waals surface area contributed by atoms with Crippen molar-refractivity contribution in [3.05, 3.63) is 81.9 Å². The highest BCUT2D eigenvalue weighted by molar-refractivity contribution is 7.91. The molecule has 0 radical (unpaired) electrons. The van der Waals surface area contributed by atoms with Gasteiger partial charge in [0.15, 0.2) is 6.17 Å². The first-order valence-corrected chi connectivity index (χ1v) is 14.8. The van der Waals surface area contributed by atoms with Crippen LogP contribution in [-0.2, 0) is 37.9 Å². The molecule has 2 heterocycles. The van der Waals surface area contributed by atoms with E-state index in [2.05, 4.69) is 5.32 Å². The third-order valence-electron chi connectivity index (χ3n) is 5.57. The standard InChI is InChI=1S/C22H22ClFN4O5S3/c23-18-12-17(6-7-19(18)24)35(30,31)27-8-9-28(36(32,33)20-5-2-10-34-20)22(27)21(29)26-14-16-4-1-3-15(11-16)13-25/h1-7,10-12,22H,8-9,13-14,25H2,(H,26,29). The minimum Gasteiger partial charge on any atom is -0.349 e. The van der Waals surface area contributed by atoms with E-state index in [0.29, 0.717) is 12.1 Å². The number of hydrogen-bond donors (Lipinski definition) is 2. The molecule has 1 unspecified atom stereocenters. The van der Waals surface area contributed by atoms with Gasteiger partial charge in [-0.3, -0.25) is 4.79 Å². The van der Waals surface area contributed by atoms with Gasteiger partial charge in [0.2, 0.25) is 10.0 Å². The predicted octanol–water partition coefficient (Wildman–Crippen LogP) is 2.34. The lowest BCUT2D eigenvalue weighted by atomic mass is 10.1. The molecule has 1 aliphatic heterocycles. The van der Waals surface area contributed by atoms with E-state index in [0.717, 1.165) is 43.7 Å². The fourth-order valence-electron chi connectivity index (χ4n) is 3.80. The van der Waals surface area contributed by atoms with Crippen LogP contribution >= 0.6 is 22.9 Å². The number of carbonyl (C=O) groups is 1. The number of carbonyl (C=O) groups excluding carboxylic acids is 1. The number of amides is 1. The summed E-state index contributed by atoms with van der Waals surface area (Å²) in [6.07, 6.45) is -1.70. The van der Waals surface area contributed by atoms with Crippen molar-refractivity contribution in [1.82, 2.24) is 13.9 Å². The number of rotatable bonds is 8. The normalized spacial score (nSPS) is 17.4. The number of hydrogen-bond acceptors (Lipinski definition) is 7. The summed E-state index contributed by atoms with van der Waals surface area (Å²) in [6.45, 7) is -0.229. The predicted molar refractivity (Wildman–Crippen MR) is 133 cm³/mol. The molecular weight excluding hydrogens is 551 g/mol. The average molecular weight is 573 g/mol. The first-order chi connectivity index (χ1) is 17.1. The minimum atomic E-state index is -4.43. The third kappa shape index (κ3) is 5.18. The molecule has 0 aliphatic carbocycles. The molecule has 0 bridgehead atoms. The summed E-state index contributed by atoms with van der Waals surface area (Å²) in [4.78, 5) is 13.0. The first-order valence-electron chi connectivity index (χ1n) is 10.6. The van der Waals surface area contributed by atoms with Crippen molar-refractivity contribution in [3.8, 4) is 0 Å². The summed E-state index contributed by atoms with van der Waals surface area (Å²) < 4.78 is 68.8. The molecule has 36 heavy (non-hydrogen) atoms. The average Bonchev–Trinajstić information content (AvgIpc) is 3.56. The van der Waals surface area contributed by atoms with Gasteiger partial charge >= 0.3 is 0 Å². The van der Waals surface area contributed by atoms with Crippen LogP contribution in [0.4, 0.5) is 4.39 Å². The molecule has 1 saturated heterocycles. The Hall–Kier alpha value is -2.39. The highest BCUT2D eigenvalue weighted by Crippen LogP contribution is 2.32. The van der Waals surface area contributed by atoms with E-state index in [1.807, 2.05) is 6.07 Å². The van der Waals surface area contributed by atoms with Gasteiger partial charge in [0, 0.05) is 26.2 Å². The van der Waals surface area contributed by atoms with Gasteiger partial charge < -0.3 is 11.1 Å². The Bertz CT molecular complexity index is 1480. The van der Waals surface area contributed by atoms with Gasteiger partial charge in [-0.15, -0.1) is 11.3 Å². The highest BCUT2D eigenvalue weighted by Gasteiger charge is 2.49. The van der Waals surface area contributed by atoms with Crippen LogP contribution in [0.15, 0.2) is 69.1 Å². The molecule has 192 valence electrons. The molecule has 1 aromatic heterocycles. The van der Waals surface area contributed by atoms with Crippen LogP contribution in [0, 0.1) is 5.82 Å². The second-order valence-corrected chi connectivity index (χ2v) is 13.2. The second kappa shape index (κ2) is 10.5. The Morgan fingerprint density at radius 1 is 1.03 bits per heavy atom. The zero-order chi connectivity index (χ0) is 26.1. The molecular formula is C22H22ClFN4O5S3. The monoisotopic (exact) mass is 572 g/mol. The van der Waals surface area contributed by atoms with Crippen molar-refractivity contribution >= 4 is 48.9 Å². The summed E-state index contributed by atoms with van der Waals surface area (Å²) >= 11 is 6.74. The molecule has 1 aliphatic rings. The number of thiophene rings is 1. The smallest absolute Gasteiger partial charge is 0.254 e. The second-order valence-electron chi connectivity index (χ2n) is 7.86. The van der Waals surface area contributed by atoms with Crippen LogP contribution in [-0.4, -0.2) is 50.6 Å². The molecule has 1 amide bonds. The summed E-state index contributed by atoms with van der Waals surface area (Å²) in [6, 6.07) is 12.9. The SMILES string of the molecule is NCc1cccc(CNC(=O)C2N(S(=O)(=O)c3ccc(F)c(Cl)c3)CCN2S(=O)(=O)c2cccs2)c1. The number of sulfonamides is 2. The van der Waals surface area contributed by atoms with Gasteiger partial charge in [-0.25, -0.2) is 21.2 Å². The summed E-state index contributed by atoms with van der Waals surface area (Å²) in [5.41, 5.74) is 7.20. The fourth-order valence-corrected chi connectivity index (χ4v) is 8.34. The van der Waals surface area contributed by atoms with Crippen LogP contribution in [0.25, 0.3) is 0 Å². The maximum Gasteiger partial charge on any atom is 0.254 e. The van der Waals surface area contributed by atoms with Crippen molar-refractivity contribution < 1.29 is 26.0 Å². The minimum absolute atomic E-state index is 0.0202. The zero-order valence-corrected chi connectivity index (χ0v) is 21.9. The number of nitrogens with zero attached hydrogens (tertiary/aromatic N) is 2. The Morgan fingerprint density at radius 2 is 1.72 bits per heavy atom. The van der Waals surface area contributed by atoms with E-state index in [1.165, 1.54) is 6.07 Å². The number of nitrogens with one attached hydrogen (secondary N) is 1. The van der Waals surface area contributed by atoms with E-state index >= 15 is 0 Å². The van der Waals surface area contributed by atoms with Crippen molar-refractivity contribution in [1.29, 1.82) is 0 Å². The van der Waals surface area contributed by atoms with Gasteiger partial charge in [0.25, 0.3) is 15.9 Å². The molecule has 2 aromatic carbocycles. The van der Waals surface area contributed by atoms with Crippen LogP contribution in [0.1, 0.15) is 11.1 Å². The van der Waals surface area contributed by atoms with E-state index in [4.69, 9.17) is 17.3 Å². The maximum atomic E-state index is 13.7. The Kier molecular flexibility index (Phi) is 7.80. The van der Waals surface area contributed by atoms with E-state index < -0.39 is 43.0 Å². The quantitative estimate of drug-likeness (QED) is 0.426. The van der Waals surface area contributed by atoms with E-state index in [1.54, 1.807) is 29.6 Å². The molecule has 0 spiro atoms. The third-order valence-corrected chi connectivity index (χ3v) is 10.9. The molecule has 0 saturated carbocycles. The van der Waals surface area contributed by atoms with Crippen molar-refractivity contribution in [3.63, 3.8) is 0 Å². The van der Waals surface area contributed by atoms with Crippen LogP contribution in [0.2, 0.25) is 5.02 Å². The topological polar surface area (TPSA) is 130 Å². The Morgan fingerprint density at radius 3 is 2.36 bits per heavy atom. The largest absolute Gasteiger partial charge is 0.349 e. The Labute approximate surface area is 217 Å². The summed E-state index contributed by atoms with van der Waals surface area (Å²) in [5, 5.41) is 3.79. The van der Waals surface area contributed by atoms with Crippen LogP contribution < -0.4 is 11.1 Å². The van der Waals surface area contributed by atoms with Gasteiger partial charge in [-0.2, -0.15) is 8.61 Å². The number of halogens is 2. The van der Waals surface area contributed by atoms with Crippen LogP contribution in [0.3, 0.4) is 0 Å². The zero-order valence-electron chi connectivity index (χ0n) is 18.7. The van der Waals surface area contributed by atoms with E-state index in [-0.39, 0.29) is 28.7 Å². The lowest BCUT2D eigenvalue weighted by molar-refractivity contribution is -0.126. The molecule has 4 rings (SSSR count). The molecule has 3 aromatic rings. The lowest BCUT2D eigenvalue weighted by Crippen LogP contribution is -2.53. The molecule has 14 heteroatoms. The molecule has 1 atom stereocenters. The first kappa shape index (κ1) is 26.7. The number of nitrogens with two attached hydrogens (primary N) is 1. The Balaban J connectivity index is 1.70. The van der Waals surface area contributed by atoms with Crippen LogP contribution in [0.5, 0.6) is 0 Å². The highest BCUT2D eigenvalue weighted by atomic mass is 35.5. The molecule has 1 fully saturated rings. The van der Waals surface area contributed by atoms with Gasteiger partial charge in [-0.05, 0) is 40.8 Å². The summed E-state index contributed by atoms with van der Waals surface area (Å²) in [7, 11) is -8.62. The van der Waals surface area contributed by atoms with E-state index in [9.17, 15) is 26.0 Å². The molecule has 9 nitrogen and oxygen atoms in total. The van der Waals surface area contributed by atoms with Crippen molar-refractivity contribution in [2.45, 2.75) is 28.4 Å². The van der Waals surface area contributed by atoms with Gasteiger partial charge in [0.05, 0.1) is 9.92 Å². The number of benzene rings is 2. The van der Waals surface area contributed by atoms with Crippen molar-refractivity contribution in [2.75, 3.05) is 13.1 Å². The summed E-state index contributed by atoms with van der Waals surface area (Å²) in [5.74, 6) is -1.64. The fraction of sp³-hybridized carbons (Fsp3) is 0.227. The van der Waals surface area contributed by atoms with Gasteiger partial charge in [-0.1, -0.05) is 41.9 Å². The van der Waals surface area contributed by atoms with Gasteiger partial charge in [0.1, 0.15) is 10.0 Å². The van der Waals surface area contributed by atoms with Crippen molar-refractivity contribution in [2.24, 2.45) is 5.73 Å². The maximum absolute atomic E-state index is 13.7.